The van der Waals surface area contributed by atoms with Crippen molar-refractivity contribution >= 4 is 5.91 Å². The molecular weight excluding hydrogens is 233 g/mol. The first kappa shape index (κ1) is 14.6. The number of hydrogen-bond acceptors (Lipinski definition) is 2. The summed E-state index contributed by atoms with van der Waals surface area (Å²) >= 11 is 0. The maximum absolute atomic E-state index is 13.3. The van der Waals surface area contributed by atoms with Crippen molar-refractivity contribution in [1.82, 2.24) is 4.90 Å². The molecule has 0 bridgehead atoms. The maximum Gasteiger partial charge on any atom is 0.254 e. The fourth-order valence-electron chi connectivity index (χ4n) is 1.83. The third-order valence-electron chi connectivity index (χ3n) is 2.87. The predicted molar refractivity (Wildman–Crippen MR) is 69.0 cm³/mol. The third kappa shape index (κ3) is 3.29. The second-order valence-corrected chi connectivity index (χ2v) is 4.16. The fourth-order valence-corrected chi connectivity index (χ4v) is 1.83. The van der Waals surface area contributed by atoms with Gasteiger partial charge in [-0.3, -0.25) is 4.79 Å². The molecule has 1 aromatic rings. The summed E-state index contributed by atoms with van der Waals surface area (Å²) in [7, 11) is 0. The highest BCUT2D eigenvalue weighted by Crippen LogP contribution is 2.15. The van der Waals surface area contributed by atoms with Crippen molar-refractivity contribution < 1.29 is 14.3 Å². The van der Waals surface area contributed by atoms with E-state index in [2.05, 4.69) is 0 Å². The van der Waals surface area contributed by atoms with Crippen molar-refractivity contribution in [1.29, 1.82) is 0 Å². The van der Waals surface area contributed by atoms with Crippen LogP contribution in [0.25, 0.3) is 0 Å². The van der Waals surface area contributed by atoms with Crippen LogP contribution in [0.1, 0.15) is 36.2 Å². The lowest BCUT2D eigenvalue weighted by Gasteiger charge is -2.15. The third-order valence-corrected chi connectivity index (χ3v) is 2.87. The zero-order chi connectivity index (χ0) is 13.7. The molecular formula is C14H20FNO2. The number of aliphatic hydroxyl groups excluding tert-OH is 1. The van der Waals surface area contributed by atoms with Crippen molar-refractivity contribution in [2.75, 3.05) is 13.1 Å². The molecule has 4 heteroatoms. The van der Waals surface area contributed by atoms with Crippen molar-refractivity contribution in [2.45, 2.75) is 33.3 Å². The van der Waals surface area contributed by atoms with Gasteiger partial charge in [0.15, 0.2) is 0 Å². The lowest BCUT2D eigenvalue weighted by Crippen LogP contribution is -2.29. The van der Waals surface area contributed by atoms with Crippen LogP contribution in [-0.2, 0) is 0 Å². The van der Waals surface area contributed by atoms with Gasteiger partial charge in [0.2, 0.25) is 0 Å². The van der Waals surface area contributed by atoms with E-state index in [4.69, 9.17) is 0 Å². The lowest BCUT2D eigenvalue weighted by atomic mass is 10.1. The van der Waals surface area contributed by atoms with Crippen LogP contribution < -0.4 is 0 Å². The van der Waals surface area contributed by atoms with Gasteiger partial charge in [0.25, 0.3) is 5.91 Å². The molecule has 1 aromatic carbocycles. The highest BCUT2D eigenvalue weighted by molar-refractivity contribution is 5.94. The Labute approximate surface area is 107 Å². The number of aliphatic hydroxyl groups is 1. The van der Waals surface area contributed by atoms with Gasteiger partial charge in [-0.15, -0.1) is 0 Å². The second kappa shape index (κ2) is 6.50. The SMILES string of the molecule is CC.Cc1ccc(C(=O)N2CC[C@@H](O)C2)cc1F. The van der Waals surface area contributed by atoms with Gasteiger partial charge in [-0.05, 0) is 31.0 Å². The number of halogens is 1. The monoisotopic (exact) mass is 253 g/mol. The number of aryl methyl sites for hydroxylation is 1. The molecule has 0 aliphatic carbocycles. The molecule has 1 fully saturated rings. The van der Waals surface area contributed by atoms with E-state index in [1.165, 1.54) is 6.07 Å². The van der Waals surface area contributed by atoms with Crippen molar-refractivity contribution in [2.24, 2.45) is 0 Å². The van der Waals surface area contributed by atoms with Gasteiger partial charge in [-0.1, -0.05) is 19.9 Å². The Bertz CT molecular complexity index is 420. The minimum absolute atomic E-state index is 0.213. The number of benzene rings is 1. The number of hydrogen-bond donors (Lipinski definition) is 1. The molecule has 1 N–H and O–H groups in total. The normalized spacial score (nSPS) is 18.3. The Morgan fingerprint density at radius 1 is 1.44 bits per heavy atom. The van der Waals surface area contributed by atoms with Gasteiger partial charge in [0, 0.05) is 18.7 Å². The number of β-amino-alcohol motifs (C(OH)–C–C–N with tert-alkyl or cyclic N) is 1. The number of amides is 1. The van der Waals surface area contributed by atoms with Crippen LogP contribution in [-0.4, -0.2) is 35.1 Å². The van der Waals surface area contributed by atoms with Crippen LogP contribution in [0.3, 0.4) is 0 Å². The van der Waals surface area contributed by atoms with Crippen LogP contribution in [0.4, 0.5) is 4.39 Å². The van der Waals surface area contributed by atoms with E-state index in [0.717, 1.165) is 0 Å². The van der Waals surface area contributed by atoms with Gasteiger partial charge in [-0.2, -0.15) is 0 Å². The molecule has 1 amide bonds. The molecule has 1 aliphatic rings. The Balaban J connectivity index is 0.000000771. The Kier molecular flexibility index (Phi) is 5.28. The Hall–Kier alpha value is -1.42. The summed E-state index contributed by atoms with van der Waals surface area (Å²) in [6.45, 7) is 6.53. The largest absolute Gasteiger partial charge is 0.391 e. The molecule has 1 atom stereocenters. The molecule has 18 heavy (non-hydrogen) atoms. The van der Waals surface area contributed by atoms with E-state index < -0.39 is 6.10 Å². The molecule has 0 saturated carbocycles. The first-order valence-electron chi connectivity index (χ1n) is 6.31. The summed E-state index contributed by atoms with van der Waals surface area (Å²) in [5.74, 6) is -0.582. The average Bonchev–Trinajstić information content (AvgIpc) is 2.81. The molecule has 1 saturated heterocycles. The van der Waals surface area contributed by atoms with E-state index >= 15 is 0 Å². The molecule has 0 aromatic heterocycles. The quantitative estimate of drug-likeness (QED) is 0.834. The Morgan fingerprint density at radius 3 is 2.61 bits per heavy atom. The zero-order valence-electron chi connectivity index (χ0n) is 11.1. The van der Waals surface area contributed by atoms with Crippen LogP contribution in [0.15, 0.2) is 18.2 Å². The highest BCUT2D eigenvalue weighted by atomic mass is 19.1. The van der Waals surface area contributed by atoms with Crippen LogP contribution in [0.2, 0.25) is 0 Å². The minimum Gasteiger partial charge on any atom is -0.391 e. The molecule has 0 radical (unpaired) electrons. The molecule has 3 nitrogen and oxygen atoms in total. The van der Waals surface area contributed by atoms with Crippen molar-refractivity contribution in [3.8, 4) is 0 Å². The number of nitrogens with zero attached hydrogens (tertiary/aromatic N) is 1. The smallest absolute Gasteiger partial charge is 0.254 e. The van der Waals surface area contributed by atoms with Gasteiger partial charge in [0.05, 0.1) is 6.10 Å². The van der Waals surface area contributed by atoms with E-state index in [1.54, 1.807) is 24.0 Å². The van der Waals surface area contributed by atoms with Gasteiger partial charge >= 0.3 is 0 Å². The molecule has 2 rings (SSSR count). The average molecular weight is 253 g/mol. The van der Waals surface area contributed by atoms with Crippen LogP contribution in [0, 0.1) is 12.7 Å². The van der Waals surface area contributed by atoms with E-state index in [1.807, 2.05) is 13.8 Å². The summed E-state index contributed by atoms with van der Waals surface area (Å²) < 4.78 is 13.3. The summed E-state index contributed by atoms with van der Waals surface area (Å²) in [5.41, 5.74) is 0.871. The lowest BCUT2D eigenvalue weighted by molar-refractivity contribution is 0.0764. The number of likely N-dealkylation sites (tertiary alicyclic amines) is 1. The zero-order valence-corrected chi connectivity index (χ0v) is 11.1. The molecule has 100 valence electrons. The molecule has 1 heterocycles. The van der Waals surface area contributed by atoms with Crippen LogP contribution >= 0.6 is 0 Å². The second-order valence-electron chi connectivity index (χ2n) is 4.16. The molecule has 0 unspecified atom stereocenters. The van der Waals surface area contributed by atoms with Crippen molar-refractivity contribution in [3.05, 3.63) is 35.1 Å². The maximum atomic E-state index is 13.3. The number of rotatable bonds is 1. The van der Waals surface area contributed by atoms with Crippen LogP contribution in [0.5, 0.6) is 0 Å². The fraction of sp³-hybridized carbons (Fsp3) is 0.500. The number of carbonyl (C=O) groups excluding carboxylic acids is 1. The minimum atomic E-state index is -0.445. The van der Waals surface area contributed by atoms with E-state index in [0.29, 0.717) is 30.6 Å². The highest BCUT2D eigenvalue weighted by Gasteiger charge is 2.25. The Morgan fingerprint density at radius 2 is 2.11 bits per heavy atom. The van der Waals surface area contributed by atoms with E-state index in [-0.39, 0.29) is 11.7 Å². The van der Waals surface area contributed by atoms with E-state index in [9.17, 15) is 14.3 Å². The summed E-state index contributed by atoms with van der Waals surface area (Å²) in [6, 6.07) is 4.46. The first-order valence-corrected chi connectivity index (χ1v) is 6.31. The van der Waals surface area contributed by atoms with Gasteiger partial charge < -0.3 is 10.0 Å². The predicted octanol–water partition coefficient (Wildman–Crippen LogP) is 2.37. The molecule has 0 spiro atoms. The van der Waals surface area contributed by atoms with Gasteiger partial charge in [-0.25, -0.2) is 4.39 Å². The standard InChI is InChI=1S/C12H14FNO2.C2H6/c1-8-2-3-9(6-11(8)13)12(16)14-5-4-10(15)7-14;1-2/h2-3,6,10,15H,4-5,7H2,1H3;1-2H3/t10-;/m1./s1. The summed E-state index contributed by atoms with van der Waals surface area (Å²) in [6.07, 6.45) is 0.152. The topological polar surface area (TPSA) is 40.5 Å². The summed E-state index contributed by atoms with van der Waals surface area (Å²) in [4.78, 5) is 13.5. The number of carbonyl (C=O) groups is 1. The van der Waals surface area contributed by atoms with Crippen molar-refractivity contribution in [3.63, 3.8) is 0 Å². The molecule has 1 aliphatic heterocycles. The first-order chi connectivity index (χ1) is 8.58. The van der Waals surface area contributed by atoms with Gasteiger partial charge in [0.1, 0.15) is 5.82 Å². The summed E-state index contributed by atoms with van der Waals surface area (Å²) in [5, 5.41) is 9.33.